The molecule has 30 heavy (non-hydrogen) atoms. The summed E-state index contributed by atoms with van der Waals surface area (Å²) in [7, 11) is 0. The Hall–Kier alpha value is -0.670. The molecule has 0 heterocycles. The molecule has 0 bridgehead atoms. The van der Waals surface area contributed by atoms with Crippen molar-refractivity contribution in [3.63, 3.8) is 0 Å². The van der Waals surface area contributed by atoms with Crippen molar-refractivity contribution >= 4 is 5.78 Å². The van der Waals surface area contributed by atoms with Crippen LogP contribution in [0.25, 0.3) is 0 Å². The minimum atomic E-state index is -1.50. The summed E-state index contributed by atoms with van der Waals surface area (Å²) in [4.78, 5) is 12.2. The highest BCUT2D eigenvalue weighted by molar-refractivity contribution is 5.80. The van der Waals surface area contributed by atoms with Gasteiger partial charge in [-0.1, -0.05) is 46.3 Å². The molecular weight excluding hydrogens is 372 g/mol. The molecule has 3 saturated carbocycles. The molecule has 170 valence electrons. The first-order chi connectivity index (χ1) is 14.0. The fourth-order valence-electron chi connectivity index (χ4n) is 8.47. The van der Waals surface area contributed by atoms with E-state index in [-0.39, 0.29) is 11.3 Å². The Labute approximate surface area is 183 Å². The molecular formula is C27H44O3. The first-order valence-electron chi connectivity index (χ1n) is 12.6. The molecule has 3 heteroatoms. The molecule has 0 aromatic heterocycles. The summed E-state index contributed by atoms with van der Waals surface area (Å²) in [6, 6.07) is 0. The smallest absolute Gasteiger partial charge is 0.166 e. The maximum atomic E-state index is 12.2. The second kappa shape index (κ2) is 7.73. The molecule has 4 aliphatic carbocycles. The number of carbonyl (C=O) groups is 1. The Balaban J connectivity index is 1.50. The van der Waals surface area contributed by atoms with Crippen LogP contribution in [0.4, 0.5) is 0 Å². The van der Waals surface area contributed by atoms with Gasteiger partial charge in [0.25, 0.3) is 0 Å². The predicted octanol–water partition coefficient (Wildman–Crippen LogP) is 5.89. The van der Waals surface area contributed by atoms with E-state index in [4.69, 9.17) is 0 Å². The molecule has 0 radical (unpaired) electrons. The van der Waals surface area contributed by atoms with Gasteiger partial charge in [-0.2, -0.15) is 0 Å². The SMILES string of the molecule is CC(C)C(=O)CC[C@@H](C)[C@H]1CC[C@H]2[C@@H]3CC=C4CC(O)(O)CC[C@]4(C)[C@H]3CC[C@]12C. The number of fused-ring (bicyclic) bond motifs is 5. The lowest BCUT2D eigenvalue weighted by Gasteiger charge is -2.59. The fourth-order valence-corrected chi connectivity index (χ4v) is 8.47. The minimum Gasteiger partial charge on any atom is -0.365 e. The van der Waals surface area contributed by atoms with Gasteiger partial charge < -0.3 is 10.2 Å². The molecule has 0 spiro atoms. The van der Waals surface area contributed by atoms with E-state index in [2.05, 4.69) is 26.8 Å². The van der Waals surface area contributed by atoms with Crippen molar-refractivity contribution < 1.29 is 15.0 Å². The highest BCUT2D eigenvalue weighted by atomic mass is 16.5. The van der Waals surface area contributed by atoms with E-state index in [9.17, 15) is 15.0 Å². The topological polar surface area (TPSA) is 57.5 Å². The quantitative estimate of drug-likeness (QED) is 0.434. The number of Topliss-reactive ketones (excluding diaryl/α,β-unsaturated/α-hetero) is 1. The summed E-state index contributed by atoms with van der Waals surface area (Å²) in [5.41, 5.74) is 1.89. The molecule has 7 atom stereocenters. The van der Waals surface area contributed by atoms with Crippen LogP contribution in [0.5, 0.6) is 0 Å². The second-order valence-electron chi connectivity index (χ2n) is 12.3. The maximum Gasteiger partial charge on any atom is 0.166 e. The van der Waals surface area contributed by atoms with Crippen LogP contribution in [-0.4, -0.2) is 21.8 Å². The average molecular weight is 417 g/mol. The number of hydrogen-bond donors (Lipinski definition) is 2. The zero-order valence-electron chi connectivity index (χ0n) is 19.9. The van der Waals surface area contributed by atoms with E-state index >= 15 is 0 Å². The van der Waals surface area contributed by atoms with Gasteiger partial charge in [0.2, 0.25) is 0 Å². The molecule has 3 fully saturated rings. The second-order valence-corrected chi connectivity index (χ2v) is 12.3. The third-order valence-electron chi connectivity index (χ3n) is 10.4. The van der Waals surface area contributed by atoms with E-state index in [0.717, 1.165) is 43.4 Å². The van der Waals surface area contributed by atoms with Gasteiger partial charge in [-0.05, 0) is 85.4 Å². The van der Waals surface area contributed by atoms with Crippen LogP contribution < -0.4 is 0 Å². The monoisotopic (exact) mass is 416 g/mol. The van der Waals surface area contributed by atoms with Gasteiger partial charge in [0, 0.05) is 25.2 Å². The first kappa shape index (κ1) is 22.5. The Morgan fingerprint density at radius 3 is 2.50 bits per heavy atom. The lowest BCUT2D eigenvalue weighted by molar-refractivity contribution is -0.189. The minimum absolute atomic E-state index is 0.159. The van der Waals surface area contributed by atoms with E-state index in [1.807, 2.05) is 13.8 Å². The molecule has 4 rings (SSSR count). The van der Waals surface area contributed by atoms with Gasteiger partial charge in [0.15, 0.2) is 5.79 Å². The number of rotatable bonds is 5. The van der Waals surface area contributed by atoms with Crippen molar-refractivity contribution in [2.24, 2.45) is 46.3 Å². The number of ketones is 1. The van der Waals surface area contributed by atoms with Crippen molar-refractivity contribution in [1.29, 1.82) is 0 Å². The number of allylic oxidation sites excluding steroid dienone is 1. The van der Waals surface area contributed by atoms with Crippen LogP contribution in [-0.2, 0) is 4.79 Å². The van der Waals surface area contributed by atoms with Gasteiger partial charge in [0.1, 0.15) is 5.78 Å². The Morgan fingerprint density at radius 2 is 1.80 bits per heavy atom. The van der Waals surface area contributed by atoms with Gasteiger partial charge in [-0.3, -0.25) is 4.79 Å². The Kier molecular flexibility index (Phi) is 5.80. The molecule has 2 N–H and O–H groups in total. The normalized spacial score (nSPS) is 43.4. The van der Waals surface area contributed by atoms with Gasteiger partial charge in [-0.25, -0.2) is 0 Å². The summed E-state index contributed by atoms with van der Waals surface area (Å²) >= 11 is 0. The van der Waals surface area contributed by atoms with Crippen LogP contribution in [0, 0.1) is 46.3 Å². The lowest BCUT2D eigenvalue weighted by Crippen LogP contribution is -2.52. The fraction of sp³-hybridized carbons (Fsp3) is 0.889. The van der Waals surface area contributed by atoms with Gasteiger partial charge in [0.05, 0.1) is 0 Å². The van der Waals surface area contributed by atoms with Crippen molar-refractivity contribution in [1.82, 2.24) is 0 Å². The Bertz CT molecular complexity index is 707. The van der Waals surface area contributed by atoms with Crippen molar-refractivity contribution in [3.05, 3.63) is 11.6 Å². The van der Waals surface area contributed by atoms with Crippen molar-refractivity contribution in [2.75, 3.05) is 0 Å². The molecule has 0 amide bonds. The molecule has 3 nitrogen and oxygen atoms in total. The third kappa shape index (κ3) is 3.62. The zero-order chi connectivity index (χ0) is 21.9. The van der Waals surface area contributed by atoms with Gasteiger partial charge in [-0.15, -0.1) is 0 Å². The number of carbonyl (C=O) groups excluding carboxylic acids is 1. The molecule has 0 unspecified atom stereocenters. The van der Waals surface area contributed by atoms with Gasteiger partial charge >= 0.3 is 0 Å². The van der Waals surface area contributed by atoms with Crippen LogP contribution in [0.15, 0.2) is 11.6 Å². The standard InChI is InChI=1S/C27H44O3/c1-17(2)24(28)11-6-18(3)21-9-10-22-20-8-7-19-16-27(29,30)15-14-25(19,4)23(20)12-13-26(21,22)5/h7,17-18,20-23,29-30H,6,8-16H2,1-5H3/t18-,20+,21-,22+,23+,25+,26-/m1/s1. The number of aliphatic hydroxyl groups is 2. The number of hydrogen-bond acceptors (Lipinski definition) is 3. The lowest BCUT2D eigenvalue weighted by atomic mass is 9.46. The van der Waals surface area contributed by atoms with Crippen LogP contribution >= 0.6 is 0 Å². The van der Waals surface area contributed by atoms with Crippen LogP contribution in [0.3, 0.4) is 0 Å². The highest BCUT2D eigenvalue weighted by Crippen LogP contribution is 2.67. The summed E-state index contributed by atoms with van der Waals surface area (Å²) < 4.78 is 0. The summed E-state index contributed by atoms with van der Waals surface area (Å²) in [6.07, 6.45) is 12.4. The summed E-state index contributed by atoms with van der Waals surface area (Å²) in [5.74, 6) is 2.69. The highest BCUT2D eigenvalue weighted by Gasteiger charge is 2.59. The Morgan fingerprint density at radius 1 is 1.07 bits per heavy atom. The van der Waals surface area contributed by atoms with E-state index in [0.29, 0.717) is 35.9 Å². The van der Waals surface area contributed by atoms with Crippen LogP contribution in [0.1, 0.15) is 98.8 Å². The van der Waals surface area contributed by atoms with E-state index < -0.39 is 5.79 Å². The molecule has 4 aliphatic rings. The van der Waals surface area contributed by atoms with Crippen molar-refractivity contribution in [3.8, 4) is 0 Å². The average Bonchev–Trinajstić information content (AvgIpc) is 3.03. The maximum absolute atomic E-state index is 12.2. The largest absolute Gasteiger partial charge is 0.365 e. The molecule has 0 aliphatic heterocycles. The van der Waals surface area contributed by atoms with Crippen LogP contribution in [0.2, 0.25) is 0 Å². The van der Waals surface area contributed by atoms with E-state index in [1.54, 1.807) is 0 Å². The summed E-state index contributed by atoms with van der Waals surface area (Å²) in [6.45, 7) is 11.4. The third-order valence-corrected chi connectivity index (χ3v) is 10.4. The van der Waals surface area contributed by atoms with E-state index in [1.165, 1.54) is 31.3 Å². The predicted molar refractivity (Wildman–Crippen MR) is 121 cm³/mol. The molecule has 0 aromatic rings. The molecule has 0 aromatic carbocycles. The van der Waals surface area contributed by atoms with Crippen molar-refractivity contribution in [2.45, 2.75) is 105 Å². The summed E-state index contributed by atoms with van der Waals surface area (Å²) in [5, 5.41) is 20.5. The molecule has 0 saturated heterocycles. The first-order valence-corrected chi connectivity index (χ1v) is 12.6. The zero-order valence-corrected chi connectivity index (χ0v) is 19.9.